The molecule has 0 radical (unpaired) electrons. The van der Waals surface area contributed by atoms with Gasteiger partial charge in [0.25, 0.3) is 0 Å². The van der Waals surface area contributed by atoms with Crippen LogP contribution < -0.4 is 18.9 Å². The van der Waals surface area contributed by atoms with E-state index in [0.717, 1.165) is 16.7 Å². The van der Waals surface area contributed by atoms with Crippen LogP contribution in [0.25, 0.3) is 17.2 Å². The molecule has 0 fully saturated rings. The molecule has 0 spiro atoms. The highest BCUT2D eigenvalue weighted by molar-refractivity contribution is 5.92. The summed E-state index contributed by atoms with van der Waals surface area (Å²) in [5, 5.41) is 0. The van der Waals surface area contributed by atoms with Crippen molar-refractivity contribution in [3.63, 3.8) is 0 Å². The summed E-state index contributed by atoms with van der Waals surface area (Å²) in [7, 11) is 0. The third kappa shape index (κ3) is 13.5. The van der Waals surface area contributed by atoms with Gasteiger partial charge in [-0.15, -0.1) is 0 Å². The lowest BCUT2D eigenvalue weighted by atomic mass is 9.89. The maximum atomic E-state index is 12.6. The molecule has 0 aliphatic rings. The van der Waals surface area contributed by atoms with Gasteiger partial charge in [-0.25, -0.2) is 19.2 Å². The highest BCUT2D eigenvalue weighted by Crippen LogP contribution is 2.28. The van der Waals surface area contributed by atoms with Gasteiger partial charge in [-0.3, -0.25) is 4.79 Å². The maximum absolute atomic E-state index is 12.6. The first kappa shape index (κ1) is 43.0. The van der Waals surface area contributed by atoms with E-state index in [1.807, 2.05) is 55.5 Å². The second-order valence-corrected chi connectivity index (χ2v) is 13.7. The molecule has 11 heteroatoms. The summed E-state index contributed by atoms with van der Waals surface area (Å²) in [6.45, 7) is 15.9. The van der Waals surface area contributed by atoms with Crippen LogP contribution in [-0.2, 0) is 28.7 Å². The van der Waals surface area contributed by atoms with Crippen LogP contribution in [0.5, 0.6) is 23.0 Å². The smallest absolute Gasteiger partial charge is 0.343 e. The molecule has 0 amide bonds. The first-order valence-corrected chi connectivity index (χ1v) is 18.2. The summed E-state index contributed by atoms with van der Waals surface area (Å²) in [6.07, 6.45) is 3.65. The zero-order valence-electron chi connectivity index (χ0n) is 32.8. The minimum absolute atomic E-state index is 0.0189. The van der Waals surface area contributed by atoms with E-state index in [0.29, 0.717) is 29.2 Å². The van der Waals surface area contributed by atoms with E-state index >= 15 is 0 Å². The molecule has 0 aromatic heterocycles. The van der Waals surface area contributed by atoms with Gasteiger partial charge in [0.05, 0.1) is 12.2 Å². The van der Waals surface area contributed by atoms with E-state index in [9.17, 15) is 24.0 Å². The second-order valence-electron chi connectivity index (χ2n) is 13.7. The van der Waals surface area contributed by atoms with Crippen molar-refractivity contribution >= 4 is 35.9 Å². The molecule has 4 aromatic rings. The lowest BCUT2D eigenvalue weighted by Gasteiger charge is -2.28. The summed E-state index contributed by atoms with van der Waals surface area (Å²) in [5.74, 6) is -1.02. The Kier molecular flexibility index (Phi) is 15.3. The van der Waals surface area contributed by atoms with Crippen LogP contribution in [0.15, 0.2) is 121 Å². The molecule has 4 aromatic carbocycles. The Morgan fingerprint density at radius 1 is 0.684 bits per heavy atom. The van der Waals surface area contributed by atoms with Gasteiger partial charge in [0, 0.05) is 29.1 Å². The van der Waals surface area contributed by atoms with Crippen LogP contribution in [0.2, 0.25) is 0 Å². The van der Waals surface area contributed by atoms with Gasteiger partial charge >= 0.3 is 29.8 Å². The molecule has 0 heterocycles. The van der Waals surface area contributed by atoms with Crippen LogP contribution >= 0.6 is 0 Å². The molecule has 4 rings (SSSR count). The monoisotopic (exact) mass is 774 g/mol. The Balaban J connectivity index is 1.27. The molecule has 0 aliphatic heterocycles. The fourth-order valence-electron chi connectivity index (χ4n) is 4.99. The fourth-order valence-corrected chi connectivity index (χ4v) is 4.99. The van der Waals surface area contributed by atoms with Gasteiger partial charge in [0.2, 0.25) is 0 Å². The Bertz CT molecular complexity index is 2100. The van der Waals surface area contributed by atoms with Crippen molar-refractivity contribution in [1.82, 2.24) is 0 Å². The topological polar surface area (TPSA) is 141 Å². The minimum atomic E-state index is -0.697. The molecule has 11 nitrogen and oxygen atoms in total. The summed E-state index contributed by atoms with van der Waals surface area (Å²) >= 11 is 0. The first-order valence-electron chi connectivity index (χ1n) is 18.2. The molecule has 0 aliphatic carbocycles. The number of aryl methyl sites for hydroxylation is 1. The van der Waals surface area contributed by atoms with Gasteiger partial charge in [0.15, 0.2) is 0 Å². The van der Waals surface area contributed by atoms with Crippen LogP contribution in [0.4, 0.5) is 0 Å². The van der Waals surface area contributed by atoms with Crippen molar-refractivity contribution in [2.24, 2.45) is 5.41 Å². The van der Waals surface area contributed by atoms with Crippen LogP contribution in [0, 0.1) is 12.3 Å². The van der Waals surface area contributed by atoms with Gasteiger partial charge in [-0.05, 0) is 110 Å². The number of hydrogen-bond donors (Lipinski definition) is 0. The van der Waals surface area contributed by atoms with Crippen molar-refractivity contribution in [3.8, 4) is 34.1 Å². The number of esters is 5. The second kappa shape index (κ2) is 20.2. The van der Waals surface area contributed by atoms with E-state index in [-0.39, 0.29) is 54.7 Å². The Labute approximate surface area is 332 Å². The first-order chi connectivity index (χ1) is 27.1. The molecule has 0 saturated carbocycles. The standard InChI is InChI=1S/C46H46O11/c1-8-41(47)55-38-20-16-36(17-21-38)45(51)56-39-22-23-40(32(6)27-39)57-42(48)24-11-33-9-12-34(13-10-33)35-14-18-37(19-15-35)52-26-25-46(7,28-53-43(49)30(2)3)29-54-44(50)31(4)5/h9-24,27H,2,4,8,25-26,28-29H2,1,3,5-7H3/b24-11+. The highest BCUT2D eigenvalue weighted by Gasteiger charge is 2.29. The summed E-state index contributed by atoms with van der Waals surface area (Å²) in [5.41, 5.74) is 3.42. The normalized spacial score (nSPS) is 11.0. The molecule has 296 valence electrons. The predicted molar refractivity (Wildman–Crippen MR) is 215 cm³/mol. The van der Waals surface area contributed by atoms with E-state index in [2.05, 4.69) is 13.2 Å². The van der Waals surface area contributed by atoms with Gasteiger partial charge < -0.3 is 28.4 Å². The molecule has 0 bridgehead atoms. The number of carbonyl (C=O) groups excluding carboxylic acids is 5. The van der Waals surface area contributed by atoms with E-state index < -0.39 is 29.3 Å². The average molecular weight is 775 g/mol. The Morgan fingerprint density at radius 2 is 1.23 bits per heavy atom. The number of benzene rings is 4. The maximum Gasteiger partial charge on any atom is 0.343 e. The molecule has 0 saturated heterocycles. The molecule has 0 unspecified atom stereocenters. The fraction of sp³-hybridized carbons (Fsp3) is 0.239. The number of hydrogen-bond acceptors (Lipinski definition) is 11. The highest BCUT2D eigenvalue weighted by atomic mass is 16.6. The van der Waals surface area contributed by atoms with Gasteiger partial charge in [0.1, 0.15) is 36.2 Å². The Morgan fingerprint density at radius 3 is 1.77 bits per heavy atom. The van der Waals surface area contributed by atoms with Crippen molar-refractivity contribution in [3.05, 3.63) is 138 Å². The molecular formula is C46H46O11. The number of ether oxygens (including phenoxy) is 6. The predicted octanol–water partition coefficient (Wildman–Crippen LogP) is 8.83. The third-order valence-corrected chi connectivity index (χ3v) is 8.46. The summed E-state index contributed by atoms with van der Waals surface area (Å²) in [4.78, 5) is 60.7. The molecule has 0 N–H and O–H groups in total. The van der Waals surface area contributed by atoms with Crippen molar-refractivity contribution in [1.29, 1.82) is 0 Å². The van der Waals surface area contributed by atoms with E-state index in [4.69, 9.17) is 28.4 Å². The molecule has 0 atom stereocenters. The van der Waals surface area contributed by atoms with Crippen molar-refractivity contribution in [2.75, 3.05) is 19.8 Å². The van der Waals surface area contributed by atoms with E-state index in [1.165, 1.54) is 36.4 Å². The molecule has 57 heavy (non-hydrogen) atoms. The minimum Gasteiger partial charge on any atom is -0.494 e. The largest absolute Gasteiger partial charge is 0.494 e. The van der Waals surface area contributed by atoms with Crippen LogP contribution in [-0.4, -0.2) is 49.7 Å². The van der Waals surface area contributed by atoms with E-state index in [1.54, 1.807) is 45.9 Å². The zero-order valence-corrected chi connectivity index (χ0v) is 32.8. The van der Waals surface area contributed by atoms with Crippen LogP contribution in [0.1, 0.15) is 62.0 Å². The summed E-state index contributed by atoms with van der Waals surface area (Å²) in [6, 6.07) is 25.9. The van der Waals surface area contributed by atoms with Crippen LogP contribution in [0.3, 0.4) is 0 Å². The lowest BCUT2D eigenvalue weighted by molar-refractivity contribution is -0.149. The van der Waals surface area contributed by atoms with Crippen molar-refractivity contribution in [2.45, 2.75) is 47.5 Å². The zero-order chi connectivity index (χ0) is 41.5. The van der Waals surface area contributed by atoms with Gasteiger partial charge in [-0.2, -0.15) is 0 Å². The molecular weight excluding hydrogens is 728 g/mol. The third-order valence-electron chi connectivity index (χ3n) is 8.46. The SMILES string of the molecule is C=C(C)C(=O)OCC(C)(CCOc1ccc(-c2ccc(/C=C/C(=O)Oc3ccc(OC(=O)c4ccc(OC(=O)CC)cc4)cc3C)cc2)cc1)COC(=O)C(=C)C. The lowest BCUT2D eigenvalue weighted by Crippen LogP contribution is -2.33. The van der Waals surface area contributed by atoms with Crippen molar-refractivity contribution < 1.29 is 52.4 Å². The number of rotatable bonds is 18. The average Bonchev–Trinajstić information content (AvgIpc) is 3.20. The van der Waals surface area contributed by atoms with Gasteiger partial charge in [-0.1, -0.05) is 63.4 Å². The quantitative estimate of drug-likeness (QED) is 0.0544. The Hall–Kier alpha value is -6.75. The number of carbonyl (C=O) groups is 5. The summed E-state index contributed by atoms with van der Waals surface area (Å²) < 4.78 is 32.8.